The van der Waals surface area contributed by atoms with Gasteiger partial charge in [-0.15, -0.1) is 0 Å². The Morgan fingerprint density at radius 3 is 2.63 bits per heavy atom. The predicted octanol–water partition coefficient (Wildman–Crippen LogP) is 2.25. The highest BCUT2D eigenvalue weighted by Crippen LogP contribution is 2.14. The van der Waals surface area contributed by atoms with Gasteiger partial charge in [0.1, 0.15) is 0 Å². The summed E-state index contributed by atoms with van der Waals surface area (Å²) in [6.45, 7) is 3.33. The molecule has 2 N–H and O–H groups in total. The smallest absolute Gasteiger partial charge is 0.158 e. The molecule has 1 aromatic carbocycles. The second-order valence-corrected chi connectivity index (χ2v) is 4.75. The van der Waals surface area contributed by atoms with E-state index in [-0.39, 0.29) is 0 Å². The van der Waals surface area contributed by atoms with Gasteiger partial charge in [0.05, 0.1) is 12.7 Å². The Morgan fingerprint density at radius 2 is 1.89 bits per heavy atom. The Morgan fingerprint density at radius 1 is 1.11 bits per heavy atom. The number of fused-ring (bicyclic) bond motifs is 1. The standard InChI is InChI=1S/C15H16N4/c1-11-2-4-12(5-3-11)10-19-15-14(9-18-19)6-13(7-16)8-17-15/h2-6,8-9H,7,10,16H2,1H3. The molecule has 0 unspecified atom stereocenters. The summed E-state index contributed by atoms with van der Waals surface area (Å²) in [5, 5.41) is 5.44. The summed E-state index contributed by atoms with van der Waals surface area (Å²) >= 11 is 0. The maximum absolute atomic E-state index is 5.62. The van der Waals surface area contributed by atoms with Crippen LogP contribution in [0.1, 0.15) is 16.7 Å². The van der Waals surface area contributed by atoms with E-state index in [1.165, 1.54) is 11.1 Å². The van der Waals surface area contributed by atoms with Crippen LogP contribution in [0.5, 0.6) is 0 Å². The van der Waals surface area contributed by atoms with Gasteiger partial charge in [-0.25, -0.2) is 9.67 Å². The highest BCUT2D eigenvalue weighted by Gasteiger charge is 2.05. The Kier molecular flexibility index (Phi) is 3.01. The zero-order chi connectivity index (χ0) is 13.2. The number of hydrogen-bond donors (Lipinski definition) is 1. The molecule has 0 radical (unpaired) electrons. The van der Waals surface area contributed by atoms with Crippen LogP contribution in [0.25, 0.3) is 11.0 Å². The van der Waals surface area contributed by atoms with E-state index in [0.717, 1.165) is 23.1 Å². The molecule has 2 heterocycles. The van der Waals surface area contributed by atoms with Crippen LogP contribution < -0.4 is 5.73 Å². The third-order valence-electron chi connectivity index (χ3n) is 3.22. The lowest BCUT2D eigenvalue weighted by molar-refractivity contribution is 0.704. The molecular weight excluding hydrogens is 236 g/mol. The number of rotatable bonds is 3. The van der Waals surface area contributed by atoms with Crippen LogP contribution in [0.15, 0.2) is 42.7 Å². The van der Waals surface area contributed by atoms with E-state index < -0.39 is 0 Å². The van der Waals surface area contributed by atoms with Crippen LogP contribution in [-0.2, 0) is 13.1 Å². The molecule has 19 heavy (non-hydrogen) atoms. The van der Waals surface area contributed by atoms with Crippen molar-refractivity contribution in [2.45, 2.75) is 20.0 Å². The fourth-order valence-corrected chi connectivity index (χ4v) is 2.11. The van der Waals surface area contributed by atoms with Crippen molar-refractivity contribution in [3.8, 4) is 0 Å². The lowest BCUT2D eigenvalue weighted by Gasteiger charge is -2.04. The lowest BCUT2D eigenvalue weighted by Crippen LogP contribution is -2.03. The quantitative estimate of drug-likeness (QED) is 0.777. The maximum atomic E-state index is 5.62. The van der Waals surface area contributed by atoms with E-state index in [0.29, 0.717) is 6.54 Å². The van der Waals surface area contributed by atoms with Crippen LogP contribution in [0.4, 0.5) is 0 Å². The van der Waals surface area contributed by atoms with E-state index in [4.69, 9.17) is 5.73 Å². The van der Waals surface area contributed by atoms with Gasteiger partial charge in [-0.1, -0.05) is 29.8 Å². The van der Waals surface area contributed by atoms with Crippen LogP contribution >= 0.6 is 0 Å². The van der Waals surface area contributed by atoms with Crippen LogP contribution in [0, 0.1) is 6.92 Å². The molecule has 4 nitrogen and oxygen atoms in total. The van der Waals surface area contributed by atoms with Crippen LogP contribution in [0.2, 0.25) is 0 Å². The van der Waals surface area contributed by atoms with E-state index in [1.807, 2.05) is 23.1 Å². The van der Waals surface area contributed by atoms with Gasteiger partial charge in [-0.05, 0) is 24.1 Å². The molecule has 0 aliphatic carbocycles. The molecule has 0 spiro atoms. The first-order valence-corrected chi connectivity index (χ1v) is 6.32. The molecular formula is C15H16N4. The van der Waals surface area contributed by atoms with Crippen molar-refractivity contribution >= 4 is 11.0 Å². The Bertz CT molecular complexity index is 698. The molecule has 0 saturated carbocycles. The molecule has 0 aliphatic rings. The Labute approximate surface area is 111 Å². The number of benzene rings is 1. The topological polar surface area (TPSA) is 56.7 Å². The molecule has 96 valence electrons. The van der Waals surface area contributed by atoms with Crippen molar-refractivity contribution in [2.75, 3.05) is 0 Å². The molecule has 3 aromatic rings. The third kappa shape index (κ3) is 2.35. The zero-order valence-electron chi connectivity index (χ0n) is 10.9. The lowest BCUT2D eigenvalue weighted by atomic mass is 10.1. The summed E-state index contributed by atoms with van der Waals surface area (Å²) in [6, 6.07) is 10.5. The monoisotopic (exact) mass is 252 g/mol. The van der Waals surface area contributed by atoms with Gasteiger partial charge in [0.25, 0.3) is 0 Å². The van der Waals surface area contributed by atoms with E-state index in [2.05, 4.69) is 41.3 Å². The van der Waals surface area contributed by atoms with Crippen molar-refractivity contribution in [3.05, 3.63) is 59.4 Å². The number of aromatic nitrogens is 3. The molecule has 0 saturated heterocycles. The SMILES string of the molecule is Cc1ccc(Cn2ncc3cc(CN)cnc32)cc1. The summed E-state index contributed by atoms with van der Waals surface area (Å²) in [5.74, 6) is 0. The van der Waals surface area contributed by atoms with Crippen molar-refractivity contribution in [1.82, 2.24) is 14.8 Å². The molecule has 0 amide bonds. The first-order valence-electron chi connectivity index (χ1n) is 6.32. The van der Waals surface area contributed by atoms with Gasteiger partial charge in [-0.3, -0.25) is 0 Å². The third-order valence-corrected chi connectivity index (χ3v) is 3.22. The van der Waals surface area contributed by atoms with Gasteiger partial charge in [0.15, 0.2) is 5.65 Å². The molecule has 0 atom stereocenters. The van der Waals surface area contributed by atoms with E-state index in [9.17, 15) is 0 Å². The minimum Gasteiger partial charge on any atom is -0.326 e. The second-order valence-electron chi connectivity index (χ2n) is 4.75. The van der Waals surface area contributed by atoms with Gasteiger partial charge >= 0.3 is 0 Å². The second kappa shape index (κ2) is 4.82. The van der Waals surface area contributed by atoms with Gasteiger partial charge < -0.3 is 5.73 Å². The number of nitrogens with zero attached hydrogens (tertiary/aromatic N) is 3. The molecule has 4 heteroatoms. The van der Waals surface area contributed by atoms with Crippen molar-refractivity contribution < 1.29 is 0 Å². The number of pyridine rings is 1. The summed E-state index contributed by atoms with van der Waals surface area (Å²) in [7, 11) is 0. The maximum Gasteiger partial charge on any atom is 0.158 e. The number of aryl methyl sites for hydroxylation is 1. The summed E-state index contributed by atoms with van der Waals surface area (Å²) in [5.41, 5.74) is 10.0. The summed E-state index contributed by atoms with van der Waals surface area (Å²) < 4.78 is 1.92. The average molecular weight is 252 g/mol. The predicted molar refractivity (Wildman–Crippen MR) is 75.7 cm³/mol. The summed E-state index contributed by atoms with van der Waals surface area (Å²) in [6.07, 6.45) is 3.66. The van der Waals surface area contributed by atoms with E-state index in [1.54, 1.807) is 0 Å². The van der Waals surface area contributed by atoms with Crippen molar-refractivity contribution in [3.63, 3.8) is 0 Å². The molecule has 0 bridgehead atoms. The normalized spacial score (nSPS) is 11.1. The molecule has 2 aromatic heterocycles. The fourth-order valence-electron chi connectivity index (χ4n) is 2.11. The highest BCUT2D eigenvalue weighted by molar-refractivity contribution is 5.75. The molecule has 0 aliphatic heterocycles. The fraction of sp³-hybridized carbons (Fsp3) is 0.200. The highest BCUT2D eigenvalue weighted by atomic mass is 15.3. The first-order chi connectivity index (χ1) is 9.26. The zero-order valence-corrected chi connectivity index (χ0v) is 10.9. The van der Waals surface area contributed by atoms with Gasteiger partial charge in [-0.2, -0.15) is 5.10 Å². The number of nitrogens with two attached hydrogens (primary N) is 1. The first kappa shape index (κ1) is 11.9. The molecule has 0 fully saturated rings. The molecule has 3 rings (SSSR count). The van der Waals surface area contributed by atoms with Gasteiger partial charge in [0, 0.05) is 18.1 Å². The summed E-state index contributed by atoms with van der Waals surface area (Å²) in [4.78, 5) is 4.45. The van der Waals surface area contributed by atoms with Crippen LogP contribution in [-0.4, -0.2) is 14.8 Å². The van der Waals surface area contributed by atoms with Crippen molar-refractivity contribution in [1.29, 1.82) is 0 Å². The minimum absolute atomic E-state index is 0.506. The Balaban J connectivity index is 1.95. The number of hydrogen-bond acceptors (Lipinski definition) is 3. The Hall–Kier alpha value is -2.20. The van der Waals surface area contributed by atoms with Gasteiger partial charge in [0.2, 0.25) is 0 Å². The van der Waals surface area contributed by atoms with Crippen LogP contribution in [0.3, 0.4) is 0 Å². The van der Waals surface area contributed by atoms with E-state index >= 15 is 0 Å². The minimum atomic E-state index is 0.506. The largest absolute Gasteiger partial charge is 0.326 e. The average Bonchev–Trinajstić information content (AvgIpc) is 2.83. The van der Waals surface area contributed by atoms with Crippen molar-refractivity contribution in [2.24, 2.45) is 5.73 Å².